The number of carbonyl (C=O) groups excluding carboxylic acids is 1. The highest BCUT2D eigenvalue weighted by Crippen LogP contribution is 2.27. The predicted molar refractivity (Wildman–Crippen MR) is 116 cm³/mol. The van der Waals surface area contributed by atoms with Crippen molar-refractivity contribution in [1.82, 2.24) is 14.5 Å². The van der Waals surface area contributed by atoms with E-state index in [2.05, 4.69) is 34.8 Å². The summed E-state index contributed by atoms with van der Waals surface area (Å²) in [6.07, 6.45) is 3.67. The first-order valence-electron chi connectivity index (χ1n) is 9.98. The SMILES string of the molecule is CCN(C)c1cccnc1N1CCN(C(=O)n2ccc3cc(OC)ccc32)CC1. The maximum absolute atomic E-state index is 13.1. The van der Waals surface area contributed by atoms with Gasteiger partial charge in [-0.05, 0) is 43.3 Å². The summed E-state index contributed by atoms with van der Waals surface area (Å²) in [5.41, 5.74) is 2.02. The van der Waals surface area contributed by atoms with Gasteiger partial charge in [-0.15, -0.1) is 0 Å². The molecule has 0 atom stereocenters. The zero-order valence-corrected chi connectivity index (χ0v) is 17.2. The molecule has 7 heteroatoms. The Morgan fingerprint density at radius 1 is 1.17 bits per heavy atom. The number of nitrogens with zero attached hydrogens (tertiary/aromatic N) is 5. The maximum Gasteiger partial charge on any atom is 0.328 e. The molecule has 1 aliphatic heterocycles. The van der Waals surface area contributed by atoms with Gasteiger partial charge in [0.15, 0.2) is 5.82 Å². The Hall–Kier alpha value is -3.22. The number of piperazine rings is 1. The van der Waals surface area contributed by atoms with Gasteiger partial charge in [0, 0.05) is 57.6 Å². The van der Waals surface area contributed by atoms with E-state index in [1.807, 2.05) is 47.6 Å². The average molecular weight is 393 g/mol. The molecule has 0 bridgehead atoms. The van der Waals surface area contributed by atoms with Gasteiger partial charge in [-0.25, -0.2) is 9.78 Å². The van der Waals surface area contributed by atoms with Crippen LogP contribution in [0.4, 0.5) is 16.3 Å². The van der Waals surface area contributed by atoms with Gasteiger partial charge < -0.3 is 19.4 Å². The summed E-state index contributed by atoms with van der Waals surface area (Å²) in [5, 5.41) is 0.997. The molecule has 2 aromatic heterocycles. The van der Waals surface area contributed by atoms with Crippen LogP contribution in [0.25, 0.3) is 10.9 Å². The highest BCUT2D eigenvalue weighted by Gasteiger charge is 2.25. The molecular weight excluding hydrogens is 366 g/mol. The van der Waals surface area contributed by atoms with Crippen LogP contribution in [0, 0.1) is 0 Å². The van der Waals surface area contributed by atoms with Crippen molar-refractivity contribution < 1.29 is 9.53 Å². The predicted octanol–water partition coefficient (Wildman–Crippen LogP) is 3.29. The Kier molecular flexibility index (Phi) is 5.29. The number of methoxy groups -OCH3 is 1. The van der Waals surface area contributed by atoms with Gasteiger partial charge in [0.25, 0.3) is 0 Å². The van der Waals surface area contributed by atoms with Crippen LogP contribution in [-0.2, 0) is 0 Å². The number of fused-ring (bicyclic) bond motifs is 1. The molecule has 152 valence electrons. The molecular formula is C22H27N5O2. The Morgan fingerprint density at radius 2 is 1.97 bits per heavy atom. The Bertz CT molecular complexity index is 1010. The molecule has 3 heterocycles. The molecule has 1 aromatic carbocycles. The number of anilines is 2. The van der Waals surface area contributed by atoms with Gasteiger partial charge in [-0.2, -0.15) is 0 Å². The van der Waals surface area contributed by atoms with Crippen molar-refractivity contribution in [3.05, 3.63) is 48.8 Å². The van der Waals surface area contributed by atoms with E-state index < -0.39 is 0 Å². The first-order valence-corrected chi connectivity index (χ1v) is 9.98. The summed E-state index contributed by atoms with van der Waals surface area (Å²) in [7, 11) is 3.72. The van der Waals surface area contributed by atoms with Crippen LogP contribution < -0.4 is 14.5 Å². The molecule has 29 heavy (non-hydrogen) atoms. The lowest BCUT2D eigenvalue weighted by Gasteiger charge is -2.37. The fraction of sp³-hybridized carbons (Fsp3) is 0.364. The largest absolute Gasteiger partial charge is 0.497 e. The van der Waals surface area contributed by atoms with Gasteiger partial charge in [0.1, 0.15) is 5.75 Å². The molecule has 0 N–H and O–H groups in total. The highest BCUT2D eigenvalue weighted by molar-refractivity contribution is 5.92. The fourth-order valence-electron chi connectivity index (χ4n) is 3.78. The lowest BCUT2D eigenvalue weighted by molar-refractivity contribution is 0.197. The quantitative estimate of drug-likeness (QED) is 0.681. The number of rotatable bonds is 4. The van der Waals surface area contributed by atoms with E-state index >= 15 is 0 Å². The molecule has 1 saturated heterocycles. The van der Waals surface area contributed by atoms with Gasteiger partial charge in [-0.1, -0.05) is 0 Å². The molecule has 4 rings (SSSR count). The Balaban J connectivity index is 1.49. The second-order valence-electron chi connectivity index (χ2n) is 7.23. The fourth-order valence-corrected chi connectivity index (χ4v) is 3.78. The van der Waals surface area contributed by atoms with Crippen LogP contribution >= 0.6 is 0 Å². The van der Waals surface area contributed by atoms with E-state index in [0.29, 0.717) is 13.1 Å². The Labute approximate surface area is 171 Å². The molecule has 0 aliphatic carbocycles. The minimum atomic E-state index is 0.0109. The van der Waals surface area contributed by atoms with E-state index in [0.717, 1.165) is 47.8 Å². The third-order valence-electron chi connectivity index (χ3n) is 5.60. The minimum Gasteiger partial charge on any atom is -0.497 e. The van der Waals surface area contributed by atoms with Crippen LogP contribution in [0.3, 0.4) is 0 Å². The normalized spacial score (nSPS) is 14.3. The van der Waals surface area contributed by atoms with E-state index in [1.165, 1.54) is 0 Å². The van der Waals surface area contributed by atoms with Crippen molar-refractivity contribution in [3.63, 3.8) is 0 Å². The zero-order valence-electron chi connectivity index (χ0n) is 17.2. The van der Waals surface area contributed by atoms with E-state index in [-0.39, 0.29) is 6.03 Å². The number of amides is 1. The summed E-state index contributed by atoms with van der Waals surface area (Å²) in [5.74, 6) is 1.78. The van der Waals surface area contributed by atoms with Crippen LogP contribution in [0.5, 0.6) is 5.75 Å². The van der Waals surface area contributed by atoms with Crippen molar-refractivity contribution in [2.24, 2.45) is 0 Å². The molecule has 7 nitrogen and oxygen atoms in total. The van der Waals surface area contributed by atoms with E-state index in [9.17, 15) is 4.79 Å². The van der Waals surface area contributed by atoms with Crippen molar-refractivity contribution in [2.45, 2.75) is 6.92 Å². The Morgan fingerprint density at radius 3 is 2.69 bits per heavy atom. The van der Waals surface area contributed by atoms with Crippen molar-refractivity contribution in [2.75, 3.05) is 56.7 Å². The van der Waals surface area contributed by atoms with Gasteiger partial charge >= 0.3 is 6.03 Å². The van der Waals surface area contributed by atoms with E-state index in [4.69, 9.17) is 4.74 Å². The van der Waals surface area contributed by atoms with Gasteiger partial charge in [-0.3, -0.25) is 4.57 Å². The molecule has 0 unspecified atom stereocenters. The van der Waals surface area contributed by atoms with Crippen molar-refractivity contribution >= 4 is 28.4 Å². The number of hydrogen-bond donors (Lipinski definition) is 0. The topological polar surface area (TPSA) is 53.8 Å². The summed E-state index contributed by atoms with van der Waals surface area (Å²) in [4.78, 5) is 24.1. The summed E-state index contributed by atoms with van der Waals surface area (Å²) in [6.45, 7) is 5.91. The minimum absolute atomic E-state index is 0.0109. The van der Waals surface area contributed by atoms with Gasteiger partial charge in [0.2, 0.25) is 0 Å². The second kappa shape index (κ2) is 8.03. The number of hydrogen-bond acceptors (Lipinski definition) is 5. The third-order valence-corrected chi connectivity index (χ3v) is 5.60. The molecule has 3 aromatic rings. The van der Waals surface area contributed by atoms with E-state index in [1.54, 1.807) is 11.7 Å². The number of aromatic nitrogens is 2. The number of ether oxygens (including phenoxy) is 1. The van der Waals surface area contributed by atoms with Crippen LogP contribution in [-0.4, -0.2) is 67.4 Å². The smallest absolute Gasteiger partial charge is 0.328 e. The molecule has 0 spiro atoms. The lowest BCUT2D eigenvalue weighted by Crippen LogP contribution is -2.50. The lowest BCUT2D eigenvalue weighted by atomic mass is 10.2. The van der Waals surface area contributed by atoms with Crippen LogP contribution in [0.15, 0.2) is 48.8 Å². The number of carbonyl (C=O) groups is 1. The highest BCUT2D eigenvalue weighted by atomic mass is 16.5. The summed E-state index contributed by atoms with van der Waals surface area (Å²) in [6, 6.07) is 11.8. The molecule has 1 fully saturated rings. The molecule has 1 aliphatic rings. The molecule has 0 radical (unpaired) electrons. The second-order valence-corrected chi connectivity index (χ2v) is 7.23. The van der Waals surface area contributed by atoms with Gasteiger partial charge in [0.05, 0.1) is 18.3 Å². The standard InChI is InChI=1S/C22H27N5O2/c1-4-24(2)20-6-5-10-23-21(20)25-12-14-26(15-13-25)22(28)27-11-9-17-16-18(29-3)7-8-19(17)27/h5-11,16H,4,12-15H2,1-3H3. The first-order chi connectivity index (χ1) is 14.1. The van der Waals surface area contributed by atoms with Crippen molar-refractivity contribution in [1.29, 1.82) is 0 Å². The average Bonchev–Trinajstić information content (AvgIpc) is 3.21. The summed E-state index contributed by atoms with van der Waals surface area (Å²) >= 11 is 0. The maximum atomic E-state index is 13.1. The summed E-state index contributed by atoms with van der Waals surface area (Å²) < 4.78 is 7.00. The number of pyridine rings is 1. The molecule has 0 saturated carbocycles. The van der Waals surface area contributed by atoms with Crippen molar-refractivity contribution in [3.8, 4) is 5.75 Å². The zero-order chi connectivity index (χ0) is 20.4. The first kappa shape index (κ1) is 19.1. The van der Waals surface area contributed by atoms with Crippen LogP contribution in [0.1, 0.15) is 6.92 Å². The number of benzene rings is 1. The third kappa shape index (κ3) is 3.60. The van der Waals surface area contributed by atoms with Crippen LogP contribution in [0.2, 0.25) is 0 Å². The molecule has 1 amide bonds. The monoisotopic (exact) mass is 393 g/mol.